The van der Waals surface area contributed by atoms with Gasteiger partial charge in [0.15, 0.2) is 0 Å². The van der Waals surface area contributed by atoms with E-state index in [-0.39, 0.29) is 16.5 Å². The van der Waals surface area contributed by atoms with Gasteiger partial charge in [-0.1, -0.05) is 50.2 Å². The van der Waals surface area contributed by atoms with Crippen molar-refractivity contribution in [2.45, 2.75) is 31.8 Å². The smallest absolute Gasteiger partial charge is 0.261 e. The zero-order valence-electron chi connectivity index (χ0n) is 18.7. The predicted molar refractivity (Wildman–Crippen MR) is 128 cm³/mol. The van der Waals surface area contributed by atoms with Crippen LogP contribution in [0.1, 0.15) is 35.3 Å². The normalized spacial score (nSPS) is 11.4. The van der Waals surface area contributed by atoms with Crippen LogP contribution in [0.4, 0.5) is 10.1 Å². The minimum atomic E-state index is -3.98. The molecule has 0 bridgehead atoms. The van der Waals surface area contributed by atoms with E-state index in [1.165, 1.54) is 54.1 Å². The van der Waals surface area contributed by atoms with Crippen molar-refractivity contribution >= 4 is 21.6 Å². The Balaban J connectivity index is 1.58. The molecule has 0 unspecified atom stereocenters. The first kappa shape index (κ1) is 24.4. The van der Waals surface area contributed by atoms with Gasteiger partial charge >= 0.3 is 0 Å². The molecule has 0 saturated carbocycles. The Morgan fingerprint density at radius 1 is 0.879 bits per heavy atom. The van der Waals surface area contributed by atoms with Crippen molar-refractivity contribution in [1.82, 2.24) is 10.2 Å². The maximum atomic E-state index is 13.8. The zero-order valence-corrected chi connectivity index (χ0v) is 19.5. The summed E-state index contributed by atoms with van der Waals surface area (Å²) in [5, 5.41) is 2.84. The summed E-state index contributed by atoms with van der Waals surface area (Å²) in [5.74, 6) is -0.980. The van der Waals surface area contributed by atoms with Crippen LogP contribution in [0.3, 0.4) is 0 Å². The third kappa shape index (κ3) is 6.63. The summed E-state index contributed by atoms with van der Waals surface area (Å²) >= 11 is 0. The average Bonchev–Trinajstić information content (AvgIpc) is 2.83. The van der Waals surface area contributed by atoms with Crippen LogP contribution in [0.5, 0.6) is 0 Å². The summed E-state index contributed by atoms with van der Waals surface area (Å²) in [4.78, 5) is 14.7. The minimum absolute atomic E-state index is 0.0638. The van der Waals surface area contributed by atoms with E-state index in [0.29, 0.717) is 12.1 Å². The standard InChI is InChI=1S/C25H28FN3O3S/c1-3-29(4-2)18-20-11-9-19(10-12-20)17-27-25(30)21-13-15-22(16-14-21)33(31,32)28-24-8-6-5-7-23(24)26/h5-16,28H,3-4,17-18H2,1-2H3,(H,27,30). The Morgan fingerprint density at radius 3 is 2.09 bits per heavy atom. The van der Waals surface area contributed by atoms with Crippen LogP contribution in [-0.4, -0.2) is 32.3 Å². The van der Waals surface area contributed by atoms with Crippen molar-refractivity contribution < 1.29 is 17.6 Å². The molecule has 0 aromatic heterocycles. The highest BCUT2D eigenvalue weighted by Crippen LogP contribution is 2.19. The molecule has 1 amide bonds. The molecule has 0 aliphatic carbocycles. The number of nitrogens with zero attached hydrogens (tertiary/aromatic N) is 1. The molecule has 0 heterocycles. The second kappa shape index (κ2) is 11.1. The summed E-state index contributed by atoms with van der Waals surface area (Å²) in [6, 6.07) is 19.1. The predicted octanol–water partition coefficient (Wildman–Crippen LogP) is 4.40. The molecule has 0 fully saturated rings. The number of rotatable bonds is 10. The van der Waals surface area contributed by atoms with E-state index < -0.39 is 15.8 Å². The molecule has 0 aliphatic rings. The Morgan fingerprint density at radius 2 is 1.48 bits per heavy atom. The number of sulfonamides is 1. The summed E-state index contributed by atoms with van der Waals surface area (Å²) in [5.41, 5.74) is 2.38. The Hall–Kier alpha value is -3.23. The van der Waals surface area contributed by atoms with Gasteiger partial charge in [0.2, 0.25) is 0 Å². The first-order valence-corrected chi connectivity index (χ1v) is 12.3. The van der Waals surface area contributed by atoms with Gasteiger partial charge in [-0.2, -0.15) is 0 Å². The van der Waals surface area contributed by atoms with Crippen LogP contribution in [0.15, 0.2) is 77.7 Å². The van der Waals surface area contributed by atoms with Crippen LogP contribution in [-0.2, 0) is 23.1 Å². The topological polar surface area (TPSA) is 78.5 Å². The van der Waals surface area contributed by atoms with Gasteiger partial charge < -0.3 is 5.32 Å². The molecule has 0 aliphatic heterocycles. The molecule has 0 spiro atoms. The highest BCUT2D eigenvalue weighted by atomic mass is 32.2. The summed E-state index contributed by atoms with van der Waals surface area (Å²) in [6.07, 6.45) is 0. The lowest BCUT2D eigenvalue weighted by Gasteiger charge is -2.18. The molecule has 3 rings (SSSR count). The van der Waals surface area contributed by atoms with Crippen molar-refractivity contribution in [3.63, 3.8) is 0 Å². The molecule has 0 atom stereocenters. The van der Waals surface area contributed by atoms with Gasteiger partial charge in [-0.25, -0.2) is 12.8 Å². The maximum Gasteiger partial charge on any atom is 0.261 e. The number of hydrogen-bond acceptors (Lipinski definition) is 4. The van der Waals surface area contributed by atoms with Crippen LogP contribution >= 0.6 is 0 Å². The van der Waals surface area contributed by atoms with E-state index in [2.05, 4.69) is 40.9 Å². The molecule has 6 nitrogen and oxygen atoms in total. The number of anilines is 1. The molecule has 174 valence electrons. The molecule has 3 aromatic carbocycles. The first-order chi connectivity index (χ1) is 15.8. The second-order valence-corrected chi connectivity index (χ2v) is 9.25. The SMILES string of the molecule is CCN(CC)Cc1ccc(CNC(=O)c2ccc(S(=O)(=O)Nc3ccccc3F)cc2)cc1. The summed E-state index contributed by atoms with van der Waals surface area (Å²) < 4.78 is 41.0. The van der Waals surface area contributed by atoms with Crippen LogP contribution in [0, 0.1) is 5.82 Å². The van der Waals surface area contributed by atoms with E-state index in [1.807, 2.05) is 12.1 Å². The Kier molecular flexibility index (Phi) is 8.19. The highest BCUT2D eigenvalue weighted by molar-refractivity contribution is 7.92. The number of nitrogens with one attached hydrogen (secondary N) is 2. The van der Waals surface area contributed by atoms with Gasteiger partial charge in [0.05, 0.1) is 10.6 Å². The fourth-order valence-corrected chi connectivity index (χ4v) is 4.35. The van der Waals surface area contributed by atoms with Gasteiger partial charge in [-0.05, 0) is 60.6 Å². The molecular weight excluding hydrogens is 441 g/mol. The molecule has 0 radical (unpaired) electrons. The van der Waals surface area contributed by atoms with E-state index in [9.17, 15) is 17.6 Å². The van der Waals surface area contributed by atoms with E-state index in [4.69, 9.17) is 0 Å². The molecule has 33 heavy (non-hydrogen) atoms. The van der Waals surface area contributed by atoms with Crippen LogP contribution in [0.25, 0.3) is 0 Å². The minimum Gasteiger partial charge on any atom is -0.348 e. The number of halogens is 1. The summed E-state index contributed by atoms with van der Waals surface area (Å²) in [6.45, 7) is 7.51. The third-order valence-electron chi connectivity index (χ3n) is 5.32. The average molecular weight is 470 g/mol. The van der Waals surface area contributed by atoms with Crippen molar-refractivity contribution in [2.24, 2.45) is 0 Å². The second-order valence-electron chi connectivity index (χ2n) is 7.57. The van der Waals surface area contributed by atoms with E-state index in [1.54, 1.807) is 0 Å². The zero-order chi connectivity index (χ0) is 23.8. The van der Waals surface area contributed by atoms with Crippen molar-refractivity contribution in [2.75, 3.05) is 17.8 Å². The summed E-state index contributed by atoms with van der Waals surface area (Å²) in [7, 11) is -3.98. The fourth-order valence-electron chi connectivity index (χ4n) is 3.29. The molecule has 0 saturated heterocycles. The van der Waals surface area contributed by atoms with Crippen molar-refractivity contribution in [3.05, 3.63) is 95.3 Å². The lowest BCUT2D eigenvalue weighted by molar-refractivity contribution is 0.0951. The lowest BCUT2D eigenvalue weighted by atomic mass is 10.1. The molecular formula is C25H28FN3O3S. The fraction of sp³-hybridized carbons (Fsp3) is 0.240. The lowest BCUT2D eigenvalue weighted by Crippen LogP contribution is -2.23. The number of para-hydroxylation sites is 1. The Labute approximate surface area is 194 Å². The maximum absolute atomic E-state index is 13.8. The van der Waals surface area contributed by atoms with Gasteiger partial charge in [-0.3, -0.25) is 14.4 Å². The number of benzene rings is 3. The van der Waals surface area contributed by atoms with E-state index in [0.717, 1.165) is 25.2 Å². The van der Waals surface area contributed by atoms with Gasteiger partial charge in [0.25, 0.3) is 15.9 Å². The first-order valence-electron chi connectivity index (χ1n) is 10.8. The van der Waals surface area contributed by atoms with Gasteiger partial charge in [0.1, 0.15) is 5.82 Å². The van der Waals surface area contributed by atoms with Crippen molar-refractivity contribution in [3.8, 4) is 0 Å². The van der Waals surface area contributed by atoms with Crippen LogP contribution in [0.2, 0.25) is 0 Å². The highest BCUT2D eigenvalue weighted by Gasteiger charge is 2.17. The molecule has 2 N–H and O–H groups in total. The molecule has 8 heteroatoms. The number of carbonyl (C=O) groups is 1. The monoisotopic (exact) mass is 469 g/mol. The third-order valence-corrected chi connectivity index (χ3v) is 6.70. The quantitative estimate of drug-likeness (QED) is 0.461. The largest absolute Gasteiger partial charge is 0.348 e. The van der Waals surface area contributed by atoms with Gasteiger partial charge in [0, 0.05) is 18.7 Å². The van der Waals surface area contributed by atoms with Gasteiger partial charge in [-0.15, -0.1) is 0 Å². The van der Waals surface area contributed by atoms with Crippen molar-refractivity contribution in [1.29, 1.82) is 0 Å². The number of amides is 1. The molecule has 3 aromatic rings. The number of carbonyl (C=O) groups excluding carboxylic acids is 1. The Bertz CT molecular complexity index is 1180. The van der Waals surface area contributed by atoms with Crippen LogP contribution < -0.4 is 10.0 Å². The number of hydrogen-bond donors (Lipinski definition) is 2. The van der Waals surface area contributed by atoms with E-state index >= 15 is 0 Å².